The zero-order valence-electron chi connectivity index (χ0n) is 35.3. The molecule has 8 rings (SSSR count). The molecular formula is C51H57ClN4O5. The summed E-state index contributed by atoms with van der Waals surface area (Å²) in [5.41, 5.74) is 7.46. The van der Waals surface area contributed by atoms with Gasteiger partial charge in [-0.2, -0.15) is 0 Å². The van der Waals surface area contributed by atoms with E-state index in [1.807, 2.05) is 67.0 Å². The van der Waals surface area contributed by atoms with E-state index in [9.17, 15) is 14.7 Å². The topological polar surface area (TPSA) is 123 Å². The molecule has 1 fully saturated rings. The van der Waals surface area contributed by atoms with Crippen molar-refractivity contribution in [3.63, 3.8) is 0 Å². The highest BCUT2D eigenvalue weighted by molar-refractivity contribution is 6.30. The van der Waals surface area contributed by atoms with E-state index in [1.54, 1.807) is 18.3 Å². The molecule has 1 saturated carbocycles. The molecule has 10 heteroatoms. The first-order chi connectivity index (χ1) is 29.6. The van der Waals surface area contributed by atoms with Crippen LogP contribution >= 0.6 is 11.6 Å². The fraction of sp³-hybridized carbons (Fsp3) is 0.412. The monoisotopic (exact) mass is 840 g/mol. The number of carboxylic acids is 1. The Morgan fingerprint density at radius 1 is 0.951 bits per heavy atom. The lowest BCUT2D eigenvalue weighted by Crippen LogP contribution is -2.53. The largest absolute Gasteiger partial charge is 0.494 e. The van der Waals surface area contributed by atoms with Gasteiger partial charge in [0, 0.05) is 47.1 Å². The predicted molar refractivity (Wildman–Crippen MR) is 241 cm³/mol. The third kappa shape index (κ3) is 9.57. The van der Waals surface area contributed by atoms with Crippen molar-refractivity contribution in [2.45, 2.75) is 101 Å². The number of ether oxygens (including phenoxy) is 2. The smallest absolute Gasteiger partial charge is 0.329 e. The molecule has 3 aliphatic rings. The SMILES string of the molecule is C[C@@H](COc1ccnc2c1[C@H](C)CCC2)C[C@H]1Cc2ccc(OCCCNC(=O)Cc3cccc(-c4cccnc4)c3)cc2C12CCC(Nc1cccc(Cl)c1)(C(=O)O)CC2. The zero-order chi connectivity index (χ0) is 42.4. The molecule has 5 aromatic rings. The summed E-state index contributed by atoms with van der Waals surface area (Å²) < 4.78 is 13.0. The lowest BCUT2D eigenvalue weighted by atomic mass is 9.59. The van der Waals surface area contributed by atoms with Crippen molar-refractivity contribution < 1.29 is 24.2 Å². The van der Waals surface area contributed by atoms with Crippen LogP contribution in [-0.4, -0.2) is 52.2 Å². The van der Waals surface area contributed by atoms with E-state index in [0.29, 0.717) is 62.3 Å². The molecule has 3 aromatic carbocycles. The van der Waals surface area contributed by atoms with Gasteiger partial charge < -0.3 is 25.2 Å². The van der Waals surface area contributed by atoms with Crippen LogP contribution in [-0.2, 0) is 34.3 Å². The van der Waals surface area contributed by atoms with Gasteiger partial charge in [-0.3, -0.25) is 14.8 Å². The molecule has 0 radical (unpaired) electrons. The number of rotatable bonds is 16. The average molecular weight is 841 g/mol. The van der Waals surface area contributed by atoms with E-state index in [2.05, 4.69) is 52.6 Å². The maximum atomic E-state index is 13.1. The number of anilines is 1. The molecule has 0 aliphatic heterocycles. The van der Waals surface area contributed by atoms with E-state index < -0.39 is 11.5 Å². The molecule has 0 unspecified atom stereocenters. The number of aliphatic carboxylic acids is 1. The van der Waals surface area contributed by atoms with Gasteiger partial charge >= 0.3 is 5.97 Å². The number of hydrogen-bond acceptors (Lipinski definition) is 7. The van der Waals surface area contributed by atoms with Crippen LogP contribution in [0.4, 0.5) is 5.69 Å². The van der Waals surface area contributed by atoms with E-state index in [1.165, 1.54) is 28.8 Å². The summed E-state index contributed by atoms with van der Waals surface area (Å²) in [5, 5.41) is 17.7. The second-order valence-corrected chi connectivity index (χ2v) is 18.1. The van der Waals surface area contributed by atoms with Crippen LogP contribution in [0.1, 0.15) is 99.1 Å². The third-order valence-corrected chi connectivity index (χ3v) is 13.7. The number of carbonyl (C=O) groups excluding carboxylic acids is 1. The molecule has 0 bridgehead atoms. The molecule has 2 heterocycles. The summed E-state index contributed by atoms with van der Waals surface area (Å²) in [6, 6.07) is 27.8. The van der Waals surface area contributed by atoms with E-state index in [0.717, 1.165) is 72.4 Å². The quantitative estimate of drug-likeness (QED) is 0.0840. The number of aromatic nitrogens is 2. The van der Waals surface area contributed by atoms with Gasteiger partial charge in [0.2, 0.25) is 5.91 Å². The number of hydrogen-bond donors (Lipinski definition) is 3. The first kappa shape index (κ1) is 42.3. The van der Waals surface area contributed by atoms with Crippen LogP contribution < -0.4 is 20.1 Å². The fourth-order valence-corrected chi connectivity index (χ4v) is 10.5. The highest BCUT2D eigenvalue weighted by atomic mass is 35.5. The minimum Gasteiger partial charge on any atom is -0.494 e. The van der Waals surface area contributed by atoms with Gasteiger partial charge in [0.05, 0.1) is 19.6 Å². The Morgan fingerprint density at radius 3 is 2.59 bits per heavy atom. The molecule has 3 atom stereocenters. The van der Waals surface area contributed by atoms with Crippen molar-refractivity contribution in [1.82, 2.24) is 15.3 Å². The average Bonchev–Trinajstić information content (AvgIpc) is 3.54. The van der Waals surface area contributed by atoms with Crippen LogP contribution in [0.25, 0.3) is 11.1 Å². The second-order valence-electron chi connectivity index (χ2n) is 17.7. The fourth-order valence-electron chi connectivity index (χ4n) is 10.3. The first-order valence-electron chi connectivity index (χ1n) is 22.0. The van der Waals surface area contributed by atoms with Crippen LogP contribution in [0.3, 0.4) is 0 Å². The van der Waals surface area contributed by atoms with Crippen molar-refractivity contribution in [3.8, 4) is 22.6 Å². The molecular weight excluding hydrogens is 784 g/mol. The highest BCUT2D eigenvalue weighted by Gasteiger charge is 2.54. The summed E-state index contributed by atoms with van der Waals surface area (Å²) in [5.74, 6) is 1.95. The Bertz CT molecular complexity index is 2330. The molecule has 318 valence electrons. The summed E-state index contributed by atoms with van der Waals surface area (Å²) >= 11 is 6.32. The lowest BCUT2D eigenvalue weighted by Gasteiger charge is -2.47. The molecule has 0 saturated heterocycles. The van der Waals surface area contributed by atoms with Crippen molar-refractivity contribution >= 4 is 29.2 Å². The van der Waals surface area contributed by atoms with Gasteiger partial charge in [0.1, 0.15) is 17.0 Å². The maximum absolute atomic E-state index is 13.1. The van der Waals surface area contributed by atoms with Crippen molar-refractivity contribution in [2.24, 2.45) is 11.8 Å². The van der Waals surface area contributed by atoms with E-state index in [-0.39, 0.29) is 17.2 Å². The van der Waals surface area contributed by atoms with Gasteiger partial charge in [-0.1, -0.05) is 67.9 Å². The Hall–Kier alpha value is -5.41. The van der Waals surface area contributed by atoms with E-state index >= 15 is 0 Å². The maximum Gasteiger partial charge on any atom is 0.329 e. The van der Waals surface area contributed by atoms with Gasteiger partial charge in [0.15, 0.2) is 0 Å². The number of nitrogens with one attached hydrogen (secondary N) is 2. The molecule has 3 aliphatic carbocycles. The first-order valence-corrected chi connectivity index (χ1v) is 22.4. The molecule has 2 aromatic heterocycles. The van der Waals surface area contributed by atoms with Gasteiger partial charge in [0.25, 0.3) is 0 Å². The number of benzene rings is 3. The van der Waals surface area contributed by atoms with Crippen LogP contribution in [0, 0.1) is 11.8 Å². The van der Waals surface area contributed by atoms with Crippen molar-refractivity contribution in [1.29, 1.82) is 0 Å². The Kier molecular flexibility index (Phi) is 13.0. The number of carbonyl (C=O) groups is 2. The lowest BCUT2D eigenvalue weighted by molar-refractivity contribution is -0.144. The molecule has 3 N–H and O–H groups in total. The number of amides is 1. The normalized spacial score (nSPS) is 22.1. The molecule has 1 spiro atoms. The number of carboxylic acid groups (broad SMARTS) is 1. The molecule has 9 nitrogen and oxygen atoms in total. The Morgan fingerprint density at radius 2 is 1.79 bits per heavy atom. The minimum absolute atomic E-state index is 0.0252. The molecule has 1 amide bonds. The van der Waals surface area contributed by atoms with Crippen molar-refractivity contribution in [3.05, 3.63) is 136 Å². The predicted octanol–water partition coefficient (Wildman–Crippen LogP) is 10.4. The van der Waals surface area contributed by atoms with Gasteiger partial charge in [-0.25, -0.2) is 4.79 Å². The summed E-state index contributed by atoms with van der Waals surface area (Å²) in [7, 11) is 0. The zero-order valence-corrected chi connectivity index (χ0v) is 36.1. The number of fused-ring (bicyclic) bond motifs is 3. The van der Waals surface area contributed by atoms with Gasteiger partial charge in [-0.15, -0.1) is 0 Å². The van der Waals surface area contributed by atoms with Gasteiger partial charge in [-0.05, 0) is 158 Å². The number of aryl methyl sites for hydroxylation is 1. The number of pyridine rings is 2. The summed E-state index contributed by atoms with van der Waals surface area (Å²) in [6.07, 6.45) is 14.1. The minimum atomic E-state index is -1.10. The highest BCUT2D eigenvalue weighted by Crippen LogP contribution is 2.57. The van der Waals surface area contributed by atoms with Crippen LogP contribution in [0.2, 0.25) is 5.02 Å². The standard InChI is InChI=1S/C51H57ClN4O5/c1-34(33-61-46-17-24-54-45-14-3-8-35(2)48(45)46)26-40-29-38-15-16-43(60-25-7-23-55-47(57)28-36-9-4-10-37(27-36)39-11-6-22-53-32-39)31-44(38)50(40)18-20-51(21-19-50,49(58)59)56-42-13-5-12-41(52)30-42/h4-6,9-13,15-17,22,24,27,30-32,34-35,40,56H,3,7-8,14,18-21,23,25-26,28-29,33H2,1-2H3,(H,55,57)(H,58,59)/t34-,35-,40+,50?,51?/m1/s1. The second kappa shape index (κ2) is 18.7. The Balaban J connectivity index is 0.929. The van der Waals surface area contributed by atoms with Crippen LogP contribution in [0.15, 0.2) is 104 Å². The number of nitrogens with zero attached hydrogens (tertiary/aromatic N) is 2. The summed E-state index contributed by atoms with van der Waals surface area (Å²) in [4.78, 5) is 34.8. The Labute approximate surface area is 364 Å². The molecule has 61 heavy (non-hydrogen) atoms. The third-order valence-electron chi connectivity index (χ3n) is 13.5. The van der Waals surface area contributed by atoms with E-state index in [4.69, 9.17) is 21.1 Å². The van der Waals surface area contributed by atoms with Crippen LogP contribution in [0.5, 0.6) is 11.5 Å². The summed E-state index contributed by atoms with van der Waals surface area (Å²) in [6.45, 7) is 6.15. The number of halogens is 1. The van der Waals surface area contributed by atoms with Crippen molar-refractivity contribution in [2.75, 3.05) is 25.1 Å².